The first-order valence-electron chi connectivity index (χ1n) is 8.42. The van der Waals surface area contributed by atoms with Crippen molar-refractivity contribution in [3.63, 3.8) is 0 Å². The van der Waals surface area contributed by atoms with Gasteiger partial charge in [0.15, 0.2) is 0 Å². The van der Waals surface area contributed by atoms with Crippen molar-refractivity contribution >= 4 is 11.5 Å². The van der Waals surface area contributed by atoms with Crippen LogP contribution in [0.3, 0.4) is 0 Å². The molecule has 0 saturated heterocycles. The van der Waals surface area contributed by atoms with E-state index in [1.54, 1.807) is 12.1 Å². The van der Waals surface area contributed by atoms with Gasteiger partial charge in [0.2, 0.25) is 0 Å². The van der Waals surface area contributed by atoms with Crippen LogP contribution in [0, 0.1) is 5.82 Å². The highest BCUT2D eigenvalue weighted by atomic mass is 19.4. The number of nitrogens with one attached hydrogen (secondary N) is 2. The molecule has 4 rings (SSSR count). The third-order valence-electron chi connectivity index (χ3n) is 4.43. The van der Waals surface area contributed by atoms with Crippen LogP contribution in [-0.2, 0) is 19.3 Å². The number of hydrogen-bond donors (Lipinski definition) is 2. The molecular formula is C19H16F4N4. The molecule has 0 atom stereocenters. The summed E-state index contributed by atoms with van der Waals surface area (Å²) in [5, 5.41) is 6.42. The lowest BCUT2D eigenvalue weighted by molar-refractivity contribution is -0.137. The number of halogens is 4. The molecule has 1 aromatic heterocycles. The summed E-state index contributed by atoms with van der Waals surface area (Å²) in [6.07, 6.45) is -4.38. The molecule has 2 aromatic carbocycles. The van der Waals surface area contributed by atoms with Gasteiger partial charge in [-0.3, -0.25) is 0 Å². The fourth-order valence-electron chi connectivity index (χ4n) is 3.08. The van der Waals surface area contributed by atoms with Gasteiger partial charge in [-0.1, -0.05) is 0 Å². The molecule has 0 bridgehead atoms. The van der Waals surface area contributed by atoms with E-state index in [-0.39, 0.29) is 5.82 Å². The Balaban J connectivity index is 1.73. The van der Waals surface area contributed by atoms with Gasteiger partial charge in [-0.15, -0.1) is 0 Å². The Labute approximate surface area is 152 Å². The van der Waals surface area contributed by atoms with Crippen molar-refractivity contribution in [2.75, 3.05) is 11.9 Å². The van der Waals surface area contributed by atoms with Crippen LogP contribution >= 0.6 is 0 Å². The number of hydrogen-bond acceptors (Lipinski definition) is 3. The van der Waals surface area contributed by atoms with Crippen molar-refractivity contribution in [3.05, 3.63) is 65.7 Å². The molecule has 0 radical (unpaired) electrons. The second-order valence-corrected chi connectivity index (χ2v) is 6.26. The van der Waals surface area contributed by atoms with Gasteiger partial charge < -0.3 is 15.2 Å². The molecule has 27 heavy (non-hydrogen) atoms. The molecule has 2 N–H and O–H groups in total. The van der Waals surface area contributed by atoms with E-state index in [4.69, 9.17) is 0 Å². The molecule has 0 saturated carbocycles. The lowest BCUT2D eigenvalue weighted by Gasteiger charge is -2.18. The summed E-state index contributed by atoms with van der Waals surface area (Å²) in [5.74, 6) is 1.15. The summed E-state index contributed by atoms with van der Waals surface area (Å²) in [6, 6.07) is 10.8. The molecule has 0 spiro atoms. The predicted octanol–water partition coefficient (Wildman–Crippen LogP) is 4.55. The van der Waals surface area contributed by atoms with E-state index in [1.807, 2.05) is 4.57 Å². The Hall–Kier alpha value is -2.87. The van der Waals surface area contributed by atoms with Crippen LogP contribution in [0.5, 0.6) is 0 Å². The molecule has 3 aromatic rings. The lowest BCUT2D eigenvalue weighted by Crippen LogP contribution is -2.28. The van der Waals surface area contributed by atoms with Crippen LogP contribution in [0.25, 0.3) is 11.3 Å². The Morgan fingerprint density at radius 1 is 1.00 bits per heavy atom. The number of imidazole rings is 1. The van der Waals surface area contributed by atoms with Gasteiger partial charge >= 0.3 is 6.18 Å². The van der Waals surface area contributed by atoms with Crippen LogP contribution < -0.4 is 10.6 Å². The highest BCUT2D eigenvalue weighted by Crippen LogP contribution is 2.34. The SMILES string of the molecule is Fc1ccc(-c2nc3n(c2Nc2ccc(C(F)(F)F)cc2)CCNC3)cc1. The quantitative estimate of drug-likeness (QED) is 0.659. The fourth-order valence-corrected chi connectivity index (χ4v) is 3.08. The molecule has 0 aliphatic carbocycles. The van der Waals surface area contributed by atoms with Crippen molar-refractivity contribution in [3.8, 4) is 11.3 Å². The Bertz CT molecular complexity index is 944. The van der Waals surface area contributed by atoms with Crippen molar-refractivity contribution in [1.82, 2.24) is 14.9 Å². The minimum absolute atomic E-state index is 0.346. The molecule has 2 heterocycles. The van der Waals surface area contributed by atoms with Gasteiger partial charge in [-0.2, -0.15) is 13.2 Å². The topological polar surface area (TPSA) is 41.9 Å². The first kappa shape index (κ1) is 17.5. The van der Waals surface area contributed by atoms with E-state index in [0.717, 1.165) is 30.1 Å². The summed E-state index contributed by atoms with van der Waals surface area (Å²) in [5.41, 5.74) is 1.18. The van der Waals surface area contributed by atoms with Crippen molar-refractivity contribution < 1.29 is 17.6 Å². The maximum atomic E-state index is 13.3. The molecule has 4 nitrogen and oxygen atoms in total. The van der Waals surface area contributed by atoms with E-state index in [0.29, 0.717) is 30.3 Å². The van der Waals surface area contributed by atoms with Crippen LogP contribution in [-0.4, -0.2) is 16.1 Å². The van der Waals surface area contributed by atoms with Gasteiger partial charge in [-0.25, -0.2) is 9.37 Å². The van der Waals surface area contributed by atoms with Gasteiger partial charge in [0.05, 0.1) is 12.1 Å². The van der Waals surface area contributed by atoms with Gasteiger partial charge in [0, 0.05) is 24.3 Å². The molecule has 140 valence electrons. The fraction of sp³-hybridized carbons (Fsp3) is 0.211. The normalized spacial score (nSPS) is 14.1. The van der Waals surface area contributed by atoms with Crippen molar-refractivity contribution in [1.29, 1.82) is 0 Å². The van der Waals surface area contributed by atoms with Gasteiger partial charge in [0.25, 0.3) is 0 Å². The third kappa shape index (κ3) is 3.52. The zero-order valence-corrected chi connectivity index (χ0v) is 14.1. The standard InChI is InChI=1S/C19H16F4N4/c20-14-5-1-12(2-6-14)17-18(27-10-9-24-11-16(27)26-17)25-15-7-3-13(4-8-15)19(21,22)23/h1-8,24-25H,9-11H2. The van der Waals surface area contributed by atoms with E-state index in [9.17, 15) is 17.6 Å². The predicted molar refractivity (Wildman–Crippen MR) is 94.1 cm³/mol. The lowest BCUT2D eigenvalue weighted by atomic mass is 10.1. The monoisotopic (exact) mass is 376 g/mol. The number of fused-ring (bicyclic) bond motifs is 1. The average Bonchev–Trinajstić information content (AvgIpc) is 3.01. The summed E-state index contributed by atoms with van der Waals surface area (Å²) in [7, 11) is 0. The number of anilines is 2. The Morgan fingerprint density at radius 2 is 1.70 bits per heavy atom. The van der Waals surface area contributed by atoms with Crippen LogP contribution in [0.15, 0.2) is 48.5 Å². The molecule has 0 fully saturated rings. The average molecular weight is 376 g/mol. The van der Waals surface area contributed by atoms with Gasteiger partial charge in [0.1, 0.15) is 23.2 Å². The second kappa shape index (κ2) is 6.70. The third-order valence-corrected chi connectivity index (χ3v) is 4.43. The number of aromatic nitrogens is 2. The van der Waals surface area contributed by atoms with E-state index in [2.05, 4.69) is 15.6 Å². The first-order valence-corrected chi connectivity index (χ1v) is 8.42. The molecule has 1 aliphatic heterocycles. The largest absolute Gasteiger partial charge is 0.416 e. The number of nitrogens with zero attached hydrogens (tertiary/aromatic N) is 2. The zero-order valence-electron chi connectivity index (χ0n) is 14.1. The van der Waals surface area contributed by atoms with E-state index >= 15 is 0 Å². The highest BCUT2D eigenvalue weighted by molar-refractivity contribution is 5.76. The Morgan fingerprint density at radius 3 is 2.37 bits per heavy atom. The second-order valence-electron chi connectivity index (χ2n) is 6.26. The first-order chi connectivity index (χ1) is 12.9. The maximum absolute atomic E-state index is 13.3. The summed E-state index contributed by atoms with van der Waals surface area (Å²) in [6.45, 7) is 2.02. The van der Waals surface area contributed by atoms with Crippen LogP contribution in [0.2, 0.25) is 0 Å². The summed E-state index contributed by atoms with van der Waals surface area (Å²) in [4.78, 5) is 4.64. The number of benzene rings is 2. The molecule has 0 amide bonds. The number of alkyl halides is 3. The smallest absolute Gasteiger partial charge is 0.340 e. The van der Waals surface area contributed by atoms with Gasteiger partial charge in [-0.05, 0) is 48.5 Å². The number of rotatable bonds is 3. The maximum Gasteiger partial charge on any atom is 0.416 e. The molecule has 8 heteroatoms. The molecular weight excluding hydrogens is 360 g/mol. The Kier molecular flexibility index (Phi) is 4.35. The summed E-state index contributed by atoms with van der Waals surface area (Å²) >= 11 is 0. The van der Waals surface area contributed by atoms with Crippen molar-refractivity contribution in [2.45, 2.75) is 19.3 Å². The van der Waals surface area contributed by atoms with Crippen LogP contribution in [0.4, 0.5) is 29.1 Å². The minimum atomic E-state index is -4.38. The van der Waals surface area contributed by atoms with E-state index in [1.165, 1.54) is 24.3 Å². The van der Waals surface area contributed by atoms with E-state index < -0.39 is 11.7 Å². The van der Waals surface area contributed by atoms with Crippen molar-refractivity contribution in [2.24, 2.45) is 0 Å². The zero-order chi connectivity index (χ0) is 19.0. The summed E-state index contributed by atoms with van der Waals surface area (Å²) < 4.78 is 53.6. The molecule has 0 unspecified atom stereocenters. The van der Waals surface area contributed by atoms with Crippen LogP contribution in [0.1, 0.15) is 11.4 Å². The highest BCUT2D eigenvalue weighted by Gasteiger charge is 2.30. The minimum Gasteiger partial charge on any atom is -0.340 e. The molecule has 1 aliphatic rings.